The van der Waals surface area contributed by atoms with Crippen molar-refractivity contribution in [3.05, 3.63) is 21.1 Å². The molecule has 1 fully saturated rings. The number of rotatable bonds is 2. The second-order valence-electron chi connectivity index (χ2n) is 3.50. The molecule has 1 aromatic rings. The lowest BCUT2D eigenvalue weighted by molar-refractivity contribution is -0.383. The van der Waals surface area contributed by atoms with Gasteiger partial charge in [-0.25, -0.2) is 0 Å². The van der Waals surface area contributed by atoms with Gasteiger partial charge in [-0.3, -0.25) is 10.1 Å². The maximum atomic E-state index is 10.8. The minimum absolute atomic E-state index is 0.273. The van der Waals surface area contributed by atoms with Gasteiger partial charge in [0, 0.05) is 24.0 Å². The van der Waals surface area contributed by atoms with Crippen LogP contribution >= 0.6 is 11.3 Å². The van der Waals surface area contributed by atoms with Crippen LogP contribution in [-0.2, 0) is 0 Å². The van der Waals surface area contributed by atoms with Crippen molar-refractivity contribution < 1.29 is 4.92 Å². The zero-order valence-electron chi connectivity index (χ0n) is 8.02. The van der Waals surface area contributed by atoms with Crippen molar-refractivity contribution in [2.24, 2.45) is 0 Å². The van der Waals surface area contributed by atoms with Crippen LogP contribution in [0.15, 0.2) is 6.07 Å². The van der Waals surface area contributed by atoms with E-state index < -0.39 is 0 Å². The highest BCUT2D eigenvalue weighted by molar-refractivity contribution is 7.16. The van der Waals surface area contributed by atoms with Crippen molar-refractivity contribution in [2.45, 2.75) is 19.8 Å². The van der Waals surface area contributed by atoms with Gasteiger partial charge in [0.1, 0.15) is 0 Å². The van der Waals surface area contributed by atoms with Gasteiger partial charge in [0.2, 0.25) is 0 Å². The number of hydrogen-bond acceptors (Lipinski definition) is 4. The molecule has 1 aliphatic heterocycles. The van der Waals surface area contributed by atoms with E-state index >= 15 is 0 Å². The molecule has 14 heavy (non-hydrogen) atoms. The van der Waals surface area contributed by atoms with Crippen molar-refractivity contribution in [2.75, 3.05) is 18.0 Å². The molecule has 2 rings (SSSR count). The SMILES string of the molecule is Cc1cc([N+](=O)[O-])c(N2CCCC2)s1. The molecule has 0 bridgehead atoms. The molecule has 0 spiro atoms. The Hall–Kier alpha value is -1.10. The highest BCUT2D eigenvalue weighted by atomic mass is 32.1. The van der Waals surface area contributed by atoms with Crippen LogP contribution in [0.5, 0.6) is 0 Å². The molecule has 2 heterocycles. The first-order valence-corrected chi connectivity index (χ1v) is 5.50. The molecule has 0 amide bonds. The number of hydrogen-bond donors (Lipinski definition) is 0. The molecule has 0 aliphatic carbocycles. The van der Waals surface area contributed by atoms with E-state index in [9.17, 15) is 10.1 Å². The molecule has 0 saturated carbocycles. The first-order chi connectivity index (χ1) is 6.68. The molecule has 0 unspecified atom stereocenters. The van der Waals surface area contributed by atoms with E-state index in [4.69, 9.17) is 0 Å². The molecule has 0 aromatic carbocycles. The molecule has 1 aliphatic rings. The summed E-state index contributed by atoms with van der Waals surface area (Å²) in [4.78, 5) is 13.6. The van der Waals surface area contributed by atoms with Crippen LogP contribution in [0.2, 0.25) is 0 Å². The summed E-state index contributed by atoms with van der Waals surface area (Å²) in [6.45, 7) is 3.83. The van der Waals surface area contributed by atoms with Crippen LogP contribution < -0.4 is 4.90 Å². The smallest absolute Gasteiger partial charge is 0.303 e. The monoisotopic (exact) mass is 212 g/mol. The van der Waals surface area contributed by atoms with Gasteiger partial charge in [-0.15, -0.1) is 11.3 Å². The summed E-state index contributed by atoms with van der Waals surface area (Å²) in [5.41, 5.74) is 0.273. The Kier molecular flexibility index (Phi) is 2.41. The topological polar surface area (TPSA) is 46.4 Å². The predicted molar refractivity (Wildman–Crippen MR) is 57.2 cm³/mol. The lowest BCUT2D eigenvalue weighted by Crippen LogP contribution is -2.17. The van der Waals surface area contributed by atoms with Crippen LogP contribution in [0, 0.1) is 17.0 Å². The van der Waals surface area contributed by atoms with Gasteiger partial charge < -0.3 is 4.90 Å². The summed E-state index contributed by atoms with van der Waals surface area (Å²) < 4.78 is 0. The fraction of sp³-hybridized carbons (Fsp3) is 0.556. The lowest BCUT2D eigenvalue weighted by atomic mass is 10.4. The molecule has 0 atom stereocenters. The fourth-order valence-corrected chi connectivity index (χ4v) is 2.79. The second kappa shape index (κ2) is 3.57. The van der Waals surface area contributed by atoms with Crippen LogP contribution in [0.1, 0.15) is 17.7 Å². The molecule has 76 valence electrons. The summed E-state index contributed by atoms with van der Waals surface area (Å²) in [5.74, 6) is 0. The fourth-order valence-electron chi connectivity index (χ4n) is 1.77. The van der Waals surface area contributed by atoms with Gasteiger partial charge in [-0.1, -0.05) is 0 Å². The van der Waals surface area contributed by atoms with Gasteiger partial charge in [-0.05, 0) is 19.8 Å². The minimum Gasteiger partial charge on any atom is -0.358 e. The lowest BCUT2D eigenvalue weighted by Gasteiger charge is -2.13. The van der Waals surface area contributed by atoms with E-state index in [-0.39, 0.29) is 10.6 Å². The quantitative estimate of drug-likeness (QED) is 0.559. The third kappa shape index (κ3) is 1.59. The maximum absolute atomic E-state index is 10.8. The molecule has 1 aromatic heterocycles. The predicted octanol–water partition coefficient (Wildman–Crippen LogP) is 2.56. The van der Waals surface area contributed by atoms with E-state index in [2.05, 4.69) is 4.90 Å². The average Bonchev–Trinajstić information content (AvgIpc) is 2.70. The molecular weight excluding hydrogens is 200 g/mol. The summed E-state index contributed by atoms with van der Waals surface area (Å²) >= 11 is 1.52. The normalized spacial score (nSPS) is 16.2. The molecule has 0 N–H and O–H groups in total. The molecule has 1 saturated heterocycles. The van der Waals surface area contributed by atoms with Crippen molar-refractivity contribution >= 4 is 22.0 Å². The van der Waals surface area contributed by atoms with E-state index in [1.165, 1.54) is 11.3 Å². The van der Waals surface area contributed by atoms with Gasteiger partial charge in [-0.2, -0.15) is 0 Å². The zero-order valence-corrected chi connectivity index (χ0v) is 8.84. The molecule has 5 heteroatoms. The van der Waals surface area contributed by atoms with Crippen LogP contribution in [0.4, 0.5) is 10.7 Å². The van der Waals surface area contributed by atoms with Crippen molar-refractivity contribution in [1.82, 2.24) is 0 Å². The number of aryl methyl sites for hydroxylation is 1. The highest BCUT2D eigenvalue weighted by Crippen LogP contribution is 2.38. The first-order valence-electron chi connectivity index (χ1n) is 4.68. The average molecular weight is 212 g/mol. The minimum atomic E-state index is -0.281. The van der Waals surface area contributed by atoms with Crippen LogP contribution in [0.25, 0.3) is 0 Å². The van der Waals surface area contributed by atoms with Gasteiger partial charge in [0.25, 0.3) is 0 Å². The summed E-state index contributed by atoms with van der Waals surface area (Å²) in [6.07, 6.45) is 2.29. The van der Waals surface area contributed by atoms with Crippen molar-refractivity contribution in [1.29, 1.82) is 0 Å². The number of anilines is 1. The van der Waals surface area contributed by atoms with E-state index in [0.29, 0.717) is 0 Å². The van der Waals surface area contributed by atoms with E-state index in [1.807, 2.05) is 6.92 Å². The number of thiophene rings is 1. The number of nitro groups is 1. The third-order valence-corrected chi connectivity index (χ3v) is 3.51. The molecular formula is C9H12N2O2S. The van der Waals surface area contributed by atoms with Gasteiger partial charge in [0.15, 0.2) is 5.00 Å². The van der Waals surface area contributed by atoms with Crippen LogP contribution in [-0.4, -0.2) is 18.0 Å². The third-order valence-electron chi connectivity index (χ3n) is 2.41. The summed E-state index contributed by atoms with van der Waals surface area (Å²) in [7, 11) is 0. The second-order valence-corrected chi connectivity index (χ2v) is 4.73. The highest BCUT2D eigenvalue weighted by Gasteiger charge is 2.24. The van der Waals surface area contributed by atoms with E-state index in [1.54, 1.807) is 6.07 Å². The van der Waals surface area contributed by atoms with Crippen LogP contribution in [0.3, 0.4) is 0 Å². The van der Waals surface area contributed by atoms with Gasteiger partial charge >= 0.3 is 5.69 Å². The summed E-state index contributed by atoms with van der Waals surface area (Å²) in [5, 5.41) is 11.6. The Morgan fingerprint density at radius 1 is 1.50 bits per heavy atom. The first kappa shape index (κ1) is 9.45. The molecule has 0 radical (unpaired) electrons. The summed E-state index contributed by atoms with van der Waals surface area (Å²) in [6, 6.07) is 1.66. The maximum Gasteiger partial charge on any atom is 0.303 e. The van der Waals surface area contributed by atoms with Gasteiger partial charge in [0.05, 0.1) is 4.92 Å². The Morgan fingerprint density at radius 3 is 2.71 bits per heavy atom. The zero-order chi connectivity index (χ0) is 10.1. The molecule has 4 nitrogen and oxygen atoms in total. The Morgan fingerprint density at radius 2 is 2.14 bits per heavy atom. The Labute approximate surface area is 86.3 Å². The van der Waals surface area contributed by atoms with Crippen molar-refractivity contribution in [3.63, 3.8) is 0 Å². The van der Waals surface area contributed by atoms with Crippen molar-refractivity contribution in [3.8, 4) is 0 Å². The Bertz CT molecular complexity index is 356. The Balaban J connectivity index is 2.35. The van der Waals surface area contributed by atoms with E-state index in [0.717, 1.165) is 35.8 Å². The standard InChI is InChI=1S/C9H12N2O2S/c1-7-6-8(11(12)13)9(14-7)10-4-2-3-5-10/h6H,2-5H2,1H3. The number of nitrogens with zero attached hydrogens (tertiary/aromatic N) is 2. The largest absolute Gasteiger partial charge is 0.358 e.